The van der Waals surface area contributed by atoms with E-state index in [1.54, 1.807) is 6.20 Å². The topological polar surface area (TPSA) is 97.1 Å². The molecule has 0 unspecified atom stereocenters. The highest BCUT2D eigenvalue weighted by atomic mass is 19.1. The van der Waals surface area contributed by atoms with E-state index in [1.807, 2.05) is 4.57 Å². The second kappa shape index (κ2) is 8.95. The van der Waals surface area contributed by atoms with E-state index in [2.05, 4.69) is 20.6 Å². The molecule has 3 N–H and O–H groups in total. The van der Waals surface area contributed by atoms with Crippen molar-refractivity contribution in [1.82, 2.24) is 19.5 Å². The molecule has 32 heavy (non-hydrogen) atoms. The van der Waals surface area contributed by atoms with Gasteiger partial charge in [-0.05, 0) is 50.7 Å². The molecule has 1 saturated heterocycles. The summed E-state index contributed by atoms with van der Waals surface area (Å²) in [6.45, 7) is 1.19. The SMILES string of the molecule is OC1CCC(Nc2ncc3nc(Nc4c(F)cccc4F)n(C4CCOCC4)c3n2)CC1. The van der Waals surface area contributed by atoms with E-state index in [-0.39, 0.29) is 23.9 Å². The lowest BCUT2D eigenvalue weighted by molar-refractivity contribution is 0.0710. The van der Waals surface area contributed by atoms with Gasteiger partial charge in [0.15, 0.2) is 5.65 Å². The van der Waals surface area contributed by atoms with Gasteiger partial charge in [-0.2, -0.15) is 4.98 Å². The third-order valence-corrected chi connectivity index (χ3v) is 6.22. The molecule has 2 aliphatic rings. The van der Waals surface area contributed by atoms with Crippen LogP contribution < -0.4 is 10.6 Å². The van der Waals surface area contributed by atoms with E-state index >= 15 is 0 Å². The van der Waals surface area contributed by atoms with Gasteiger partial charge in [0.25, 0.3) is 0 Å². The highest BCUT2D eigenvalue weighted by Gasteiger charge is 2.25. The van der Waals surface area contributed by atoms with Gasteiger partial charge in [0.05, 0.1) is 12.3 Å². The molecule has 0 radical (unpaired) electrons. The Morgan fingerprint density at radius 2 is 1.72 bits per heavy atom. The first-order chi connectivity index (χ1) is 15.6. The third-order valence-electron chi connectivity index (χ3n) is 6.22. The summed E-state index contributed by atoms with van der Waals surface area (Å²) in [6, 6.07) is 3.95. The van der Waals surface area contributed by atoms with Crippen LogP contribution in [0.25, 0.3) is 11.2 Å². The molecule has 2 aromatic heterocycles. The van der Waals surface area contributed by atoms with Crippen molar-refractivity contribution < 1.29 is 18.6 Å². The Bertz CT molecular complexity index is 1070. The maximum Gasteiger partial charge on any atom is 0.224 e. The summed E-state index contributed by atoms with van der Waals surface area (Å²) < 4.78 is 36.0. The number of benzene rings is 1. The number of nitrogens with one attached hydrogen (secondary N) is 2. The summed E-state index contributed by atoms with van der Waals surface area (Å²) in [7, 11) is 0. The number of hydrogen-bond acceptors (Lipinski definition) is 7. The van der Waals surface area contributed by atoms with Crippen LogP contribution in [0.4, 0.5) is 26.4 Å². The molecule has 0 atom stereocenters. The zero-order valence-corrected chi connectivity index (χ0v) is 17.6. The summed E-state index contributed by atoms with van der Waals surface area (Å²) in [5, 5.41) is 15.9. The number of imidazole rings is 1. The van der Waals surface area contributed by atoms with Crippen LogP contribution in [0.5, 0.6) is 0 Å². The summed E-state index contributed by atoms with van der Waals surface area (Å²) >= 11 is 0. The van der Waals surface area contributed by atoms with Crippen molar-refractivity contribution >= 4 is 28.7 Å². The fourth-order valence-corrected chi connectivity index (χ4v) is 4.47. The predicted molar refractivity (Wildman–Crippen MR) is 116 cm³/mol. The lowest BCUT2D eigenvalue weighted by Gasteiger charge is -2.27. The molecule has 3 heterocycles. The van der Waals surface area contributed by atoms with Crippen LogP contribution in [0, 0.1) is 11.6 Å². The maximum atomic E-state index is 14.3. The molecule has 170 valence electrons. The summed E-state index contributed by atoms with van der Waals surface area (Å²) in [5.41, 5.74) is 0.896. The van der Waals surface area contributed by atoms with Crippen LogP contribution in [0.3, 0.4) is 0 Å². The first kappa shape index (κ1) is 21.0. The summed E-state index contributed by atoms with van der Waals surface area (Å²) in [6.07, 6.45) is 6.08. The van der Waals surface area contributed by atoms with E-state index < -0.39 is 11.6 Å². The summed E-state index contributed by atoms with van der Waals surface area (Å²) in [5.74, 6) is -0.578. The average molecular weight is 444 g/mol. The molecule has 8 nitrogen and oxygen atoms in total. The van der Waals surface area contributed by atoms with Crippen LogP contribution in [-0.4, -0.2) is 50.0 Å². The molecule has 0 bridgehead atoms. The number of fused-ring (bicyclic) bond motifs is 1. The number of nitrogens with zero attached hydrogens (tertiary/aromatic N) is 4. The van der Waals surface area contributed by atoms with Gasteiger partial charge >= 0.3 is 0 Å². The Hall–Kier alpha value is -2.85. The number of ether oxygens (including phenoxy) is 1. The van der Waals surface area contributed by atoms with E-state index in [9.17, 15) is 13.9 Å². The van der Waals surface area contributed by atoms with Gasteiger partial charge in [0.1, 0.15) is 22.8 Å². The Labute approximate surface area is 184 Å². The molecule has 2 fully saturated rings. The molecule has 10 heteroatoms. The van der Waals surface area contributed by atoms with E-state index in [4.69, 9.17) is 9.72 Å². The number of para-hydroxylation sites is 1. The lowest BCUT2D eigenvalue weighted by atomic mass is 9.93. The molecule has 3 aromatic rings. The number of aromatic nitrogens is 4. The van der Waals surface area contributed by atoms with Gasteiger partial charge in [-0.3, -0.25) is 4.57 Å². The van der Waals surface area contributed by atoms with Crippen molar-refractivity contribution in [3.8, 4) is 0 Å². The quantitative estimate of drug-likeness (QED) is 0.549. The predicted octanol–water partition coefficient (Wildman–Crippen LogP) is 3.92. The van der Waals surface area contributed by atoms with Gasteiger partial charge in [0.2, 0.25) is 11.9 Å². The average Bonchev–Trinajstić information content (AvgIpc) is 3.16. The Balaban J connectivity index is 1.51. The molecule has 0 spiro atoms. The van der Waals surface area contributed by atoms with Gasteiger partial charge in [-0.15, -0.1) is 0 Å². The van der Waals surface area contributed by atoms with Crippen molar-refractivity contribution in [1.29, 1.82) is 0 Å². The standard InChI is InChI=1S/C22H26F2N6O2/c23-16-2-1-3-17(24)19(16)28-22-27-18-12-25-21(26-13-4-6-15(31)7-5-13)29-20(18)30(22)14-8-10-32-11-9-14/h1-3,12-15,31H,4-11H2,(H,27,28)(H,25,26,29). The van der Waals surface area contributed by atoms with Crippen molar-refractivity contribution in [2.75, 3.05) is 23.8 Å². The molecular weight excluding hydrogens is 418 g/mol. The van der Waals surface area contributed by atoms with Crippen molar-refractivity contribution in [3.63, 3.8) is 0 Å². The molecule has 1 aromatic carbocycles. The monoisotopic (exact) mass is 444 g/mol. The van der Waals surface area contributed by atoms with Crippen LogP contribution >= 0.6 is 0 Å². The first-order valence-electron chi connectivity index (χ1n) is 11.1. The fraction of sp³-hybridized carbons (Fsp3) is 0.500. The molecule has 0 amide bonds. The fourth-order valence-electron chi connectivity index (χ4n) is 4.47. The first-order valence-corrected chi connectivity index (χ1v) is 11.1. The van der Waals surface area contributed by atoms with Crippen molar-refractivity contribution in [2.45, 2.75) is 56.7 Å². The van der Waals surface area contributed by atoms with Gasteiger partial charge in [0, 0.05) is 25.3 Å². The lowest BCUT2D eigenvalue weighted by Crippen LogP contribution is -2.29. The van der Waals surface area contributed by atoms with Crippen LogP contribution in [0.1, 0.15) is 44.6 Å². The molecular formula is C22H26F2N6O2. The number of rotatable bonds is 5. The number of halogens is 2. The zero-order valence-electron chi connectivity index (χ0n) is 17.6. The highest BCUT2D eigenvalue weighted by molar-refractivity contribution is 5.76. The van der Waals surface area contributed by atoms with Crippen LogP contribution in [0.2, 0.25) is 0 Å². The Kier molecular flexibility index (Phi) is 5.88. The van der Waals surface area contributed by atoms with E-state index in [0.717, 1.165) is 38.5 Å². The minimum atomic E-state index is -0.691. The number of aliphatic hydroxyl groups is 1. The largest absolute Gasteiger partial charge is 0.393 e. The second-order valence-electron chi connectivity index (χ2n) is 8.42. The Morgan fingerprint density at radius 1 is 1.00 bits per heavy atom. The smallest absolute Gasteiger partial charge is 0.224 e. The second-order valence-corrected chi connectivity index (χ2v) is 8.42. The van der Waals surface area contributed by atoms with Crippen molar-refractivity contribution in [3.05, 3.63) is 36.0 Å². The highest BCUT2D eigenvalue weighted by Crippen LogP contribution is 2.32. The van der Waals surface area contributed by atoms with Crippen LogP contribution in [0.15, 0.2) is 24.4 Å². The van der Waals surface area contributed by atoms with E-state index in [1.165, 1.54) is 18.2 Å². The summed E-state index contributed by atoms with van der Waals surface area (Å²) in [4.78, 5) is 13.7. The molecule has 1 saturated carbocycles. The molecule has 1 aliphatic carbocycles. The van der Waals surface area contributed by atoms with Gasteiger partial charge in [-0.25, -0.2) is 18.7 Å². The normalized spacial score (nSPS) is 22.2. The van der Waals surface area contributed by atoms with Crippen LogP contribution in [-0.2, 0) is 4.74 Å². The number of aliphatic hydroxyl groups excluding tert-OH is 1. The number of hydrogen-bond donors (Lipinski definition) is 3. The van der Waals surface area contributed by atoms with E-state index in [0.29, 0.717) is 36.3 Å². The van der Waals surface area contributed by atoms with Crippen molar-refractivity contribution in [2.24, 2.45) is 0 Å². The zero-order chi connectivity index (χ0) is 22.1. The molecule has 5 rings (SSSR count). The molecule has 1 aliphatic heterocycles. The Morgan fingerprint density at radius 3 is 2.44 bits per heavy atom. The van der Waals surface area contributed by atoms with Gasteiger partial charge < -0.3 is 20.5 Å². The minimum absolute atomic E-state index is 0.0265. The van der Waals surface area contributed by atoms with Gasteiger partial charge in [-0.1, -0.05) is 6.07 Å². The third kappa shape index (κ3) is 4.24. The maximum absolute atomic E-state index is 14.3. The number of anilines is 3. The minimum Gasteiger partial charge on any atom is -0.393 e.